The lowest BCUT2D eigenvalue weighted by Gasteiger charge is -2.31. The first-order valence-corrected chi connectivity index (χ1v) is 11.1. The van der Waals surface area contributed by atoms with Crippen molar-refractivity contribution in [2.45, 2.75) is 45.4 Å². The minimum Gasteiger partial charge on any atom is -0.356 e. The van der Waals surface area contributed by atoms with Crippen LogP contribution in [0.15, 0.2) is 33.8 Å². The lowest BCUT2D eigenvalue weighted by Crippen LogP contribution is -2.49. The zero-order valence-electron chi connectivity index (χ0n) is 19.1. The molecule has 0 aliphatic heterocycles. The van der Waals surface area contributed by atoms with Crippen molar-refractivity contribution in [1.82, 2.24) is 25.7 Å². The summed E-state index contributed by atoms with van der Waals surface area (Å²) in [6.07, 6.45) is 5.68. The van der Waals surface area contributed by atoms with Crippen LogP contribution < -0.4 is 10.6 Å². The third-order valence-electron chi connectivity index (χ3n) is 5.93. The number of carbonyl (C=O) groups is 1. The van der Waals surface area contributed by atoms with Crippen LogP contribution in [0.1, 0.15) is 44.0 Å². The molecule has 168 valence electrons. The van der Waals surface area contributed by atoms with Crippen LogP contribution in [0.3, 0.4) is 0 Å². The maximum absolute atomic E-state index is 12.7. The summed E-state index contributed by atoms with van der Waals surface area (Å²) in [6, 6.07) is 8.16. The number of nitrogens with zero attached hydrogens (tertiary/aromatic N) is 4. The van der Waals surface area contributed by atoms with Crippen LogP contribution >= 0.6 is 0 Å². The van der Waals surface area contributed by atoms with Crippen molar-refractivity contribution >= 4 is 11.9 Å². The summed E-state index contributed by atoms with van der Waals surface area (Å²) in [4.78, 5) is 23.1. The molecule has 1 aliphatic rings. The molecule has 0 atom stereocenters. The van der Waals surface area contributed by atoms with Gasteiger partial charge >= 0.3 is 0 Å². The molecule has 1 amide bonds. The second kappa shape index (κ2) is 10.4. The Labute approximate surface area is 184 Å². The molecule has 0 saturated heterocycles. The lowest BCUT2D eigenvalue weighted by atomic mass is 9.84. The van der Waals surface area contributed by atoms with E-state index in [9.17, 15) is 4.79 Å². The minimum absolute atomic E-state index is 0.209. The summed E-state index contributed by atoms with van der Waals surface area (Å²) < 4.78 is 5.29. The van der Waals surface area contributed by atoms with Crippen LogP contribution in [-0.4, -0.2) is 61.1 Å². The minimum atomic E-state index is -0.316. The molecule has 31 heavy (non-hydrogen) atoms. The van der Waals surface area contributed by atoms with Gasteiger partial charge in [0.2, 0.25) is 5.91 Å². The van der Waals surface area contributed by atoms with Crippen LogP contribution in [0.4, 0.5) is 0 Å². The van der Waals surface area contributed by atoms with E-state index >= 15 is 0 Å². The Kier molecular flexibility index (Phi) is 7.65. The monoisotopic (exact) mass is 426 g/mol. The van der Waals surface area contributed by atoms with Crippen molar-refractivity contribution in [3.8, 4) is 11.5 Å². The van der Waals surface area contributed by atoms with Gasteiger partial charge in [0, 0.05) is 46.2 Å². The molecule has 1 heterocycles. The molecule has 2 aromatic rings. The highest BCUT2D eigenvalue weighted by atomic mass is 16.5. The van der Waals surface area contributed by atoms with Crippen LogP contribution in [0.5, 0.6) is 0 Å². The predicted octanol–water partition coefficient (Wildman–Crippen LogP) is 2.66. The number of hydrogen-bond donors (Lipinski definition) is 2. The zero-order chi connectivity index (χ0) is 22.3. The van der Waals surface area contributed by atoms with Gasteiger partial charge in [-0.3, -0.25) is 9.79 Å². The van der Waals surface area contributed by atoms with Gasteiger partial charge in [0.05, 0.1) is 5.41 Å². The molecule has 1 saturated carbocycles. The number of benzene rings is 1. The molecule has 2 N–H and O–H groups in total. The number of carbonyl (C=O) groups excluding carboxylic acids is 1. The number of amides is 1. The number of aliphatic imine (C=N–C) groups is 1. The van der Waals surface area contributed by atoms with Crippen molar-refractivity contribution in [3.63, 3.8) is 0 Å². The SMILES string of the molecule is CCc1noc(-c2ccc(CCNC(=NC)NCC3(C(=O)N(C)C)CCCC3)cc2)n1. The van der Waals surface area contributed by atoms with E-state index in [-0.39, 0.29) is 11.3 Å². The molecule has 1 fully saturated rings. The summed E-state index contributed by atoms with van der Waals surface area (Å²) in [7, 11) is 5.43. The van der Waals surface area contributed by atoms with E-state index in [2.05, 4.69) is 37.9 Å². The molecule has 1 aromatic carbocycles. The molecule has 3 rings (SSSR count). The van der Waals surface area contributed by atoms with E-state index < -0.39 is 0 Å². The topological polar surface area (TPSA) is 95.7 Å². The third-order valence-corrected chi connectivity index (χ3v) is 5.93. The van der Waals surface area contributed by atoms with Crippen LogP contribution in [0.2, 0.25) is 0 Å². The fraction of sp³-hybridized carbons (Fsp3) is 0.565. The summed E-state index contributed by atoms with van der Waals surface area (Å²) >= 11 is 0. The quantitative estimate of drug-likeness (QED) is 0.498. The Morgan fingerprint density at radius 3 is 2.48 bits per heavy atom. The number of rotatable bonds is 8. The van der Waals surface area contributed by atoms with Gasteiger partial charge in [-0.1, -0.05) is 37.1 Å². The standard InChI is InChI=1S/C23H34N6O2/c1-5-19-27-20(31-28-19)18-10-8-17(9-11-18)12-15-25-22(24-2)26-16-23(13-6-7-14-23)21(30)29(3)4/h8-11H,5-7,12-16H2,1-4H3,(H2,24,25,26). The highest BCUT2D eigenvalue weighted by molar-refractivity contribution is 5.85. The second-order valence-corrected chi connectivity index (χ2v) is 8.36. The number of hydrogen-bond acceptors (Lipinski definition) is 5. The largest absolute Gasteiger partial charge is 0.356 e. The first kappa shape index (κ1) is 22.8. The molecule has 8 nitrogen and oxygen atoms in total. The van der Waals surface area contributed by atoms with Gasteiger partial charge in [0.25, 0.3) is 5.89 Å². The molecule has 8 heteroatoms. The average Bonchev–Trinajstić information content (AvgIpc) is 3.46. The van der Waals surface area contributed by atoms with Crippen molar-refractivity contribution in [2.75, 3.05) is 34.2 Å². The van der Waals surface area contributed by atoms with Crippen molar-refractivity contribution in [2.24, 2.45) is 10.4 Å². The summed E-state index contributed by atoms with van der Waals surface area (Å²) in [6.45, 7) is 3.36. The van der Waals surface area contributed by atoms with Gasteiger partial charge in [0.15, 0.2) is 11.8 Å². The normalized spacial score (nSPS) is 15.7. The second-order valence-electron chi connectivity index (χ2n) is 8.36. The van der Waals surface area contributed by atoms with Gasteiger partial charge in [-0.25, -0.2) is 0 Å². The van der Waals surface area contributed by atoms with Crippen molar-refractivity contribution in [1.29, 1.82) is 0 Å². The van der Waals surface area contributed by atoms with Crippen molar-refractivity contribution < 1.29 is 9.32 Å². The fourth-order valence-corrected chi connectivity index (χ4v) is 4.12. The van der Waals surface area contributed by atoms with E-state index in [0.29, 0.717) is 18.3 Å². The average molecular weight is 427 g/mol. The predicted molar refractivity (Wildman–Crippen MR) is 122 cm³/mol. The summed E-state index contributed by atoms with van der Waals surface area (Å²) in [5, 5.41) is 10.7. The van der Waals surface area contributed by atoms with E-state index in [1.165, 1.54) is 5.56 Å². The van der Waals surface area contributed by atoms with Gasteiger partial charge in [0.1, 0.15) is 0 Å². The Morgan fingerprint density at radius 1 is 1.19 bits per heavy atom. The number of aryl methyl sites for hydroxylation is 1. The van der Waals surface area contributed by atoms with Crippen molar-refractivity contribution in [3.05, 3.63) is 35.7 Å². The molecular weight excluding hydrogens is 392 g/mol. The molecule has 1 aliphatic carbocycles. The molecule has 0 spiro atoms. The van der Waals surface area contributed by atoms with Crippen LogP contribution in [0.25, 0.3) is 11.5 Å². The molecule has 0 radical (unpaired) electrons. The Bertz CT molecular complexity index is 882. The van der Waals surface area contributed by atoms with E-state index in [4.69, 9.17) is 4.52 Å². The fourth-order valence-electron chi connectivity index (χ4n) is 4.12. The molecular formula is C23H34N6O2. The first-order valence-electron chi connectivity index (χ1n) is 11.1. The van der Waals surface area contributed by atoms with E-state index in [1.807, 2.05) is 33.2 Å². The van der Waals surface area contributed by atoms with Gasteiger partial charge in [-0.05, 0) is 37.0 Å². The Balaban J connectivity index is 1.49. The van der Waals surface area contributed by atoms with Gasteiger partial charge < -0.3 is 20.1 Å². The van der Waals surface area contributed by atoms with Crippen LogP contribution in [-0.2, 0) is 17.6 Å². The first-order chi connectivity index (χ1) is 15.0. The highest BCUT2D eigenvalue weighted by Gasteiger charge is 2.42. The van der Waals surface area contributed by atoms with Gasteiger partial charge in [-0.15, -0.1) is 0 Å². The van der Waals surface area contributed by atoms with E-state index in [0.717, 1.165) is 56.6 Å². The lowest BCUT2D eigenvalue weighted by molar-refractivity contribution is -0.138. The van der Waals surface area contributed by atoms with E-state index in [1.54, 1.807) is 11.9 Å². The smallest absolute Gasteiger partial charge is 0.257 e. The number of guanidine groups is 1. The highest BCUT2D eigenvalue weighted by Crippen LogP contribution is 2.38. The summed E-state index contributed by atoms with van der Waals surface area (Å²) in [5.74, 6) is 2.21. The molecule has 0 bridgehead atoms. The maximum Gasteiger partial charge on any atom is 0.257 e. The number of nitrogens with one attached hydrogen (secondary N) is 2. The summed E-state index contributed by atoms with van der Waals surface area (Å²) in [5.41, 5.74) is 1.81. The molecule has 0 unspecified atom stereocenters. The third kappa shape index (κ3) is 5.62. The number of aromatic nitrogens is 2. The Hall–Kier alpha value is -2.90. The molecule has 1 aromatic heterocycles. The van der Waals surface area contributed by atoms with Gasteiger partial charge in [-0.2, -0.15) is 4.98 Å². The van der Waals surface area contributed by atoms with Crippen LogP contribution in [0, 0.1) is 5.41 Å². The Morgan fingerprint density at radius 2 is 1.90 bits per heavy atom. The zero-order valence-corrected chi connectivity index (χ0v) is 19.1. The maximum atomic E-state index is 12.7.